The molecule has 0 radical (unpaired) electrons. The SMILES string of the molecule is COc1cccc(C(C)CC(=O)NCCCC(=O)O)c1. The Morgan fingerprint density at radius 2 is 2.15 bits per heavy atom. The second-order valence-corrected chi connectivity index (χ2v) is 4.73. The number of nitrogens with one attached hydrogen (secondary N) is 1. The zero-order chi connectivity index (χ0) is 15.0. The van der Waals surface area contributed by atoms with Crippen molar-refractivity contribution in [1.82, 2.24) is 5.32 Å². The smallest absolute Gasteiger partial charge is 0.303 e. The van der Waals surface area contributed by atoms with Crippen LogP contribution in [0.4, 0.5) is 0 Å². The van der Waals surface area contributed by atoms with Crippen molar-refractivity contribution < 1.29 is 19.4 Å². The molecule has 5 nitrogen and oxygen atoms in total. The molecule has 0 aliphatic rings. The molecule has 0 aliphatic carbocycles. The summed E-state index contributed by atoms with van der Waals surface area (Å²) in [4.78, 5) is 22.1. The number of aliphatic carboxylic acids is 1. The third-order valence-electron chi connectivity index (χ3n) is 3.04. The predicted molar refractivity (Wildman–Crippen MR) is 75.9 cm³/mol. The van der Waals surface area contributed by atoms with E-state index >= 15 is 0 Å². The van der Waals surface area contributed by atoms with Crippen molar-refractivity contribution in [2.75, 3.05) is 13.7 Å². The lowest BCUT2D eigenvalue weighted by molar-refractivity contribution is -0.137. The Morgan fingerprint density at radius 1 is 1.40 bits per heavy atom. The lowest BCUT2D eigenvalue weighted by Gasteiger charge is -2.13. The number of hydrogen-bond acceptors (Lipinski definition) is 3. The molecule has 1 atom stereocenters. The van der Waals surface area contributed by atoms with E-state index in [0.717, 1.165) is 11.3 Å². The minimum atomic E-state index is -0.844. The molecule has 20 heavy (non-hydrogen) atoms. The summed E-state index contributed by atoms with van der Waals surface area (Å²) in [6.07, 6.45) is 0.903. The van der Waals surface area contributed by atoms with E-state index in [1.807, 2.05) is 31.2 Å². The predicted octanol–water partition coefficient (Wildman–Crippen LogP) is 2.17. The van der Waals surface area contributed by atoms with Crippen LogP contribution in [0.3, 0.4) is 0 Å². The molecule has 0 spiro atoms. The van der Waals surface area contributed by atoms with Crippen molar-refractivity contribution in [2.24, 2.45) is 0 Å². The van der Waals surface area contributed by atoms with E-state index in [0.29, 0.717) is 19.4 Å². The number of carboxylic acids is 1. The number of amides is 1. The third kappa shape index (κ3) is 5.73. The van der Waals surface area contributed by atoms with Crippen LogP contribution >= 0.6 is 0 Å². The van der Waals surface area contributed by atoms with E-state index in [1.54, 1.807) is 7.11 Å². The molecule has 1 aromatic rings. The first-order valence-electron chi connectivity index (χ1n) is 6.65. The molecule has 1 amide bonds. The number of carboxylic acid groups (broad SMARTS) is 1. The molecule has 5 heteroatoms. The number of carbonyl (C=O) groups excluding carboxylic acids is 1. The fourth-order valence-corrected chi connectivity index (χ4v) is 1.88. The van der Waals surface area contributed by atoms with Gasteiger partial charge >= 0.3 is 5.97 Å². The number of carbonyl (C=O) groups is 2. The lowest BCUT2D eigenvalue weighted by Crippen LogP contribution is -2.26. The largest absolute Gasteiger partial charge is 0.497 e. The highest BCUT2D eigenvalue weighted by atomic mass is 16.5. The normalized spacial score (nSPS) is 11.7. The molecule has 1 unspecified atom stereocenters. The summed E-state index contributed by atoms with van der Waals surface area (Å²) in [6.45, 7) is 2.38. The second kappa shape index (κ2) is 8.19. The number of benzene rings is 1. The van der Waals surface area contributed by atoms with Gasteiger partial charge in [0.15, 0.2) is 0 Å². The summed E-state index contributed by atoms with van der Waals surface area (Å²) in [5.74, 6) is -0.0458. The molecule has 0 saturated heterocycles. The Morgan fingerprint density at radius 3 is 2.80 bits per heavy atom. The Balaban J connectivity index is 2.38. The Labute approximate surface area is 118 Å². The number of rotatable bonds is 8. The molecule has 0 saturated carbocycles. The monoisotopic (exact) mass is 279 g/mol. The van der Waals surface area contributed by atoms with Gasteiger partial charge in [-0.2, -0.15) is 0 Å². The van der Waals surface area contributed by atoms with Gasteiger partial charge in [0.1, 0.15) is 5.75 Å². The second-order valence-electron chi connectivity index (χ2n) is 4.73. The molecule has 0 bridgehead atoms. The van der Waals surface area contributed by atoms with E-state index in [4.69, 9.17) is 9.84 Å². The van der Waals surface area contributed by atoms with Gasteiger partial charge in [-0.15, -0.1) is 0 Å². The maximum Gasteiger partial charge on any atom is 0.303 e. The van der Waals surface area contributed by atoms with Crippen LogP contribution in [-0.4, -0.2) is 30.6 Å². The Bertz CT molecular complexity index is 459. The highest BCUT2D eigenvalue weighted by molar-refractivity contribution is 5.76. The van der Waals surface area contributed by atoms with Crippen LogP contribution in [0.15, 0.2) is 24.3 Å². The zero-order valence-corrected chi connectivity index (χ0v) is 11.9. The van der Waals surface area contributed by atoms with Crippen LogP contribution in [0.2, 0.25) is 0 Å². The van der Waals surface area contributed by atoms with Crippen LogP contribution in [0, 0.1) is 0 Å². The quantitative estimate of drug-likeness (QED) is 0.715. The average Bonchev–Trinajstić information content (AvgIpc) is 2.43. The van der Waals surface area contributed by atoms with Gasteiger partial charge < -0.3 is 15.2 Å². The fraction of sp³-hybridized carbons (Fsp3) is 0.467. The van der Waals surface area contributed by atoms with Crippen LogP contribution in [0.5, 0.6) is 5.75 Å². The molecule has 2 N–H and O–H groups in total. The molecular formula is C15H21NO4. The first kappa shape index (κ1) is 16.0. The van der Waals surface area contributed by atoms with Crippen LogP contribution in [-0.2, 0) is 9.59 Å². The van der Waals surface area contributed by atoms with Gasteiger partial charge in [-0.25, -0.2) is 0 Å². The molecule has 1 rings (SSSR count). The van der Waals surface area contributed by atoms with E-state index in [9.17, 15) is 9.59 Å². The number of methoxy groups -OCH3 is 1. The summed E-state index contributed by atoms with van der Waals surface area (Å²) >= 11 is 0. The molecule has 110 valence electrons. The van der Waals surface area contributed by atoms with Crippen LogP contribution in [0.25, 0.3) is 0 Å². The van der Waals surface area contributed by atoms with E-state index in [-0.39, 0.29) is 18.2 Å². The van der Waals surface area contributed by atoms with Crippen molar-refractivity contribution in [1.29, 1.82) is 0 Å². The van der Waals surface area contributed by atoms with Crippen molar-refractivity contribution in [3.8, 4) is 5.75 Å². The highest BCUT2D eigenvalue weighted by Gasteiger charge is 2.11. The van der Waals surface area contributed by atoms with Crippen molar-refractivity contribution in [3.63, 3.8) is 0 Å². The van der Waals surface area contributed by atoms with Gasteiger partial charge in [-0.3, -0.25) is 9.59 Å². The summed E-state index contributed by atoms with van der Waals surface area (Å²) in [5.41, 5.74) is 1.05. The molecule has 1 aromatic carbocycles. The number of ether oxygens (including phenoxy) is 1. The van der Waals surface area contributed by atoms with Gasteiger partial charge in [0.05, 0.1) is 7.11 Å². The average molecular weight is 279 g/mol. The summed E-state index contributed by atoms with van der Waals surface area (Å²) in [5, 5.41) is 11.2. The molecule has 0 aromatic heterocycles. The minimum Gasteiger partial charge on any atom is -0.497 e. The number of hydrogen-bond donors (Lipinski definition) is 2. The minimum absolute atomic E-state index is 0.0642. The topological polar surface area (TPSA) is 75.6 Å². The molecular weight excluding hydrogens is 258 g/mol. The Kier molecular flexibility index (Phi) is 6.56. The van der Waals surface area contributed by atoms with Gasteiger partial charge in [-0.1, -0.05) is 19.1 Å². The molecule has 0 fully saturated rings. The van der Waals surface area contributed by atoms with Crippen molar-refractivity contribution >= 4 is 11.9 Å². The summed E-state index contributed by atoms with van der Waals surface area (Å²) < 4.78 is 5.16. The fourth-order valence-electron chi connectivity index (χ4n) is 1.88. The van der Waals surface area contributed by atoms with Gasteiger partial charge in [0.2, 0.25) is 5.91 Å². The Hall–Kier alpha value is -2.04. The van der Waals surface area contributed by atoms with Crippen LogP contribution < -0.4 is 10.1 Å². The van der Waals surface area contributed by atoms with Crippen molar-refractivity contribution in [3.05, 3.63) is 29.8 Å². The van der Waals surface area contributed by atoms with Gasteiger partial charge in [0.25, 0.3) is 0 Å². The van der Waals surface area contributed by atoms with Gasteiger partial charge in [0, 0.05) is 19.4 Å². The molecule has 0 heterocycles. The zero-order valence-electron chi connectivity index (χ0n) is 11.9. The van der Waals surface area contributed by atoms with E-state index < -0.39 is 5.97 Å². The van der Waals surface area contributed by atoms with E-state index in [1.165, 1.54) is 0 Å². The van der Waals surface area contributed by atoms with Crippen LogP contribution in [0.1, 0.15) is 37.7 Å². The third-order valence-corrected chi connectivity index (χ3v) is 3.04. The first-order valence-corrected chi connectivity index (χ1v) is 6.65. The molecule has 0 aliphatic heterocycles. The standard InChI is InChI=1S/C15H21NO4/c1-11(12-5-3-6-13(10-12)20-2)9-14(17)16-8-4-7-15(18)19/h3,5-6,10-11H,4,7-9H2,1-2H3,(H,16,17)(H,18,19). The first-order chi connectivity index (χ1) is 9.52. The summed E-state index contributed by atoms with van der Waals surface area (Å²) in [7, 11) is 1.61. The lowest BCUT2D eigenvalue weighted by atomic mass is 9.97. The van der Waals surface area contributed by atoms with Crippen molar-refractivity contribution in [2.45, 2.75) is 32.1 Å². The highest BCUT2D eigenvalue weighted by Crippen LogP contribution is 2.22. The maximum atomic E-state index is 11.7. The van der Waals surface area contributed by atoms with Gasteiger partial charge in [-0.05, 0) is 30.0 Å². The maximum absolute atomic E-state index is 11.7. The summed E-state index contributed by atoms with van der Waals surface area (Å²) in [6, 6.07) is 7.64. The van der Waals surface area contributed by atoms with E-state index in [2.05, 4.69) is 5.32 Å².